The van der Waals surface area contributed by atoms with Crippen LogP contribution >= 0.6 is 0 Å². The number of aryl methyl sites for hydroxylation is 1. The van der Waals surface area contributed by atoms with Gasteiger partial charge in [-0.1, -0.05) is 6.07 Å². The normalized spacial score (nSPS) is 10.8. The van der Waals surface area contributed by atoms with Crippen molar-refractivity contribution >= 4 is 16.9 Å². The van der Waals surface area contributed by atoms with Gasteiger partial charge in [-0.2, -0.15) is 0 Å². The number of carboxylic acids is 1. The van der Waals surface area contributed by atoms with Crippen molar-refractivity contribution in [3.63, 3.8) is 0 Å². The van der Waals surface area contributed by atoms with Crippen molar-refractivity contribution in [2.75, 3.05) is 7.11 Å². The summed E-state index contributed by atoms with van der Waals surface area (Å²) in [6.45, 7) is 0. The van der Waals surface area contributed by atoms with E-state index in [1.807, 2.05) is 48.5 Å². The Balaban J connectivity index is 1.89. The van der Waals surface area contributed by atoms with E-state index in [1.54, 1.807) is 7.11 Å². The zero-order valence-corrected chi connectivity index (χ0v) is 12.2. The lowest BCUT2D eigenvalue weighted by Crippen LogP contribution is -1.96. The van der Waals surface area contributed by atoms with Crippen LogP contribution in [0.15, 0.2) is 52.9 Å². The molecule has 2 aromatic carbocycles. The van der Waals surface area contributed by atoms with E-state index in [0.29, 0.717) is 6.42 Å². The molecule has 0 saturated carbocycles. The first-order chi connectivity index (χ1) is 10.7. The number of hydrogen-bond donors (Lipinski definition) is 1. The smallest absolute Gasteiger partial charge is 0.303 e. The molecule has 0 aliphatic rings. The third-order valence-corrected chi connectivity index (χ3v) is 3.58. The molecular weight excluding hydrogens is 280 g/mol. The highest BCUT2D eigenvalue weighted by molar-refractivity contribution is 5.83. The molecule has 0 fully saturated rings. The highest BCUT2D eigenvalue weighted by atomic mass is 16.5. The van der Waals surface area contributed by atoms with Gasteiger partial charge in [0.25, 0.3) is 0 Å². The Labute approximate surface area is 127 Å². The first-order valence-electron chi connectivity index (χ1n) is 7.04. The maximum absolute atomic E-state index is 10.6. The van der Waals surface area contributed by atoms with Gasteiger partial charge >= 0.3 is 5.97 Å². The zero-order valence-electron chi connectivity index (χ0n) is 12.2. The predicted octanol–water partition coefficient (Wildman–Crippen LogP) is 4.13. The summed E-state index contributed by atoms with van der Waals surface area (Å²) in [5, 5.41) is 9.74. The highest BCUT2D eigenvalue weighted by Gasteiger charge is 2.08. The number of carboxylic acid groups (broad SMARTS) is 1. The minimum Gasteiger partial charge on any atom is -0.497 e. The third-order valence-electron chi connectivity index (χ3n) is 3.58. The molecule has 0 saturated heterocycles. The molecule has 0 bridgehead atoms. The summed E-state index contributed by atoms with van der Waals surface area (Å²) in [4.78, 5) is 10.6. The number of furan rings is 1. The second-order valence-corrected chi connectivity index (χ2v) is 5.11. The SMILES string of the molecule is COc1ccc(-c2cc3cc(CCC(=O)O)ccc3o2)cc1. The van der Waals surface area contributed by atoms with Crippen LogP contribution in [-0.4, -0.2) is 18.2 Å². The maximum atomic E-state index is 10.6. The van der Waals surface area contributed by atoms with Gasteiger partial charge in [0, 0.05) is 17.4 Å². The Kier molecular flexibility index (Phi) is 3.83. The van der Waals surface area contributed by atoms with E-state index in [2.05, 4.69) is 0 Å². The molecule has 3 aromatic rings. The fourth-order valence-corrected chi connectivity index (χ4v) is 2.40. The standard InChI is InChI=1S/C18H16O4/c1-21-15-6-4-13(5-7-15)17-11-14-10-12(3-9-18(19)20)2-8-16(14)22-17/h2,4-8,10-11H,3,9H2,1H3,(H,19,20). The number of ether oxygens (including phenoxy) is 1. The summed E-state index contributed by atoms with van der Waals surface area (Å²) < 4.78 is 11.0. The van der Waals surface area contributed by atoms with Crippen LogP contribution in [0, 0.1) is 0 Å². The van der Waals surface area contributed by atoms with Gasteiger partial charge in [-0.3, -0.25) is 4.79 Å². The molecule has 1 aromatic heterocycles. The molecule has 4 nitrogen and oxygen atoms in total. The molecule has 0 atom stereocenters. The number of benzene rings is 2. The first-order valence-corrected chi connectivity index (χ1v) is 7.04. The molecule has 0 unspecified atom stereocenters. The van der Waals surface area contributed by atoms with Crippen molar-refractivity contribution < 1.29 is 19.1 Å². The van der Waals surface area contributed by atoms with Gasteiger partial charge in [-0.15, -0.1) is 0 Å². The molecule has 112 valence electrons. The van der Waals surface area contributed by atoms with Gasteiger partial charge in [0.15, 0.2) is 0 Å². The summed E-state index contributed by atoms with van der Waals surface area (Å²) in [7, 11) is 1.63. The second-order valence-electron chi connectivity index (χ2n) is 5.11. The van der Waals surface area contributed by atoms with E-state index in [9.17, 15) is 4.79 Å². The molecule has 22 heavy (non-hydrogen) atoms. The lowest BCUT2D eigenvalue weighted by atomic mass is 10.1. The number of carbonyl (C=O) groups is 1. The van der Waals surface area contributed by atoms with Gasteiger partial charge in [0.05, 0.1) is 7.11 Å². The molecule has 0 spiro atoms. The predicted molar refractivity (Wildman–Crippen MR) is 84.2 cm³/mol. The fourth-order valence-electron chi connectivity index (χ4n) is 2.40. The van der Waals surface area contributed by atoms with Crippen molar-refractivity contribution in [1.29, 1.82) is 0 Å². The molecule has 0 aliphatic heterocycles. The van der Waals surface area contributed by atoms with Crippen LogP contribution in [-0.2, 0) is 11.2 Å². The number of fused-ring (bicyclic) bond motifs is 1. The number of hydrogen-bond acceptors (Lipinski definition) is 3. The third kappa shape index (κ3) is 2.96. The van der Waals surface area contributed by atoms with Crippen molar-refractivity contribution in [2.24, 2.45) is 0 Å². The van der Waals surface area contributed by atoms with Crippen LogP contribution in [0.3, 0.4) is 0 Å². The molecule has 4 heteroatoms. The summed E-state index contributed by atoms with van der Waals surface area (Å²) >= 11 is 0. The van der Waals surface area contributed by atoms with E-state index in [4.69, 9.17) is 14.3 Å². The number of methoxy groups -OCH3 is 1. The number of rotatable bonds is 5. The van der Waals surface area contributed by atoms with E-state index in [1.165, 1.54) is 0 Å². The number of aliphatic carboxylic acids is 1. The molecular formula is C18H16O4. The monoisotopic (exact) mass is 296 g/mol. The van der Waals surface area contributed by atoms with Gasteiger partial charge in [-0.05, 0) is 54.4 Å². The Morgan fingerprint density at radius 2 is 1.91 bits per heavy atom. The average Bonchev–Trinajstić information content (AvgIpc) is 2.96. The molecule has 1 heterocycles. The van der Waals surface area contributed by atoms with E-state index < -0.39 is 5.97 Å². The van der Waals surface area contributed by atoms with Crippen molar-refractivity contribution in [1.82, 2.24) is 0 Å². The van der Waals surface area contributed by atoms with Crippen LogP contribution in [0.1, 0.15) is 12.0 Å². The Morgan fingerprint density at radius 1 is 1.14 bits per heavy atom. The largest absolute Gasteiger partial charge is 0.497 e. The maximum Gasteiger partial charge on any atom is 0.303 e. The van der Waals surface area contributed by atoms with Crippen molar-refractivity contribution in [3.05, 3.63) is 54.1 Å². The van der Waals surface area contributed by atoms with E-state index in [0.717, 1.165) is 33.6 Å². The molecule has 1 N–H and O–H groups in total. The Morgan fingerprint density at radius 3 is 2.59 bits per heavy atom. The Hall–Kier alpha value is -2.75. The lowest BCUT2D eigenvalue weighted by Gasteiger charge is -2.00. The minimum absolute atomic E-state index is 0.134. The van der Waals surface area contributed by atoms with Crippen LogP contribution in [0.2, 0.25) is 0 Å². The summed E-state index contributed by atoms with van der Waals surface area (Å²) in [5.41, 5.74) is 2.77. The fraction of sp³-hybridized carbons (Fsp3) is 0.167. The Bertz CT molecular complexity index is 800. The van der Waals surface area contributed by atoms with Gasteiger partial charge in [0.1, 0.15) is 17.1 Å². The van der Waals surface area contributed by atoms with Gasteiger partial charge < -0.3 is 14.3 Å². The summed E-state index contributed by atoms with van der Waals surface area (Å²) in [6.07, 6.45) is 0.656. The van der Waals surface area contributed by atoms with E-state index >= 15 is 0 Å². The van der Waals surface area contributed by atoms with Crippen LogP contribution in [0.4, 0.5) is 0 Å². The summed E-state index contributed by atoms with van der Waals surface area (Å²) in [6, 6.07) is 15.4. The lowest BCUT2D eigenvalue weighted by molar-refractivity contribution is -0.136. The first kappa shape index (κ1) is 14.2. The topological polar surface area (TPSA) is 59.7 Å². The average molecular weight is 296 g/mol. The highest BCUT2D eigenvalue weighted by Crippen LogP contribution is 2.29. The quantitative estimate of drug-likeness (QED) is 0.769. The van der Waals surface area contributed by atoms with E-state index in [-0.39, 0.29) is 6.42 Å². The van der Waals surface area contributed by atoms with Gasteiger partial charge in [0.2, 0.25) is 0 Å². The second kappa shape index (κ2) is 5.93. The van der Waals surface area contributed by atoms with Crippen LogP contribution in [0.5, 0.6) is 5.75 Å². The zero-order chi connectivity index (χ0) is 15.5. The van der Waals surface area contributed by atoms with Gasteiger partial charge in [-0.25, -0.2) is 0 Å². The molecule has 0 radical (unpaired) electrons. The summed E-state index contributed by atoms with van der Waals surface area (Å²) in [5.74, 6) is 0.801. The molecule has 0 aliphatic carbocycles. The van der Waals surface area contributed by atoms with Crippen LogP contribution < -0.4 is 4.74 Å². The molecule has 3 rings (SSSR count). The van der Waals surface area contributed by atoms with Crippen molar-refractivity contribution in [3.8, 4) is 17.1 Å². The van der Waals surface area contributed by atoms with Crippen LogP contribution in [0.25, 0.3) is 22.3 Å². The molecule has 0 amide bonds. The minimum atomic E-state index is -0.786. The van der Waals surface area contributed by atoms with Crippen molar-refractivity contribution in [2.45, 2.75) is 12.8 Å².